The van der Waals surface area contributed by atoms with Gasteiger partial charge in [0.15, 0.2) is 6.29 Å². The van der Waals surface area contributed by atoms with Gasteiger partial charge >= 0.3 is 0 Å². The van der Waals surface area contributed by atoms with Gasteiger partial charge in [0.2, 0.25) is 0 Å². The summed E-state index contributed by atoms with van der Waals surface area (Å²) in [6.07, 6.45) is 0.370. The van der Waals surface area contributed by atoms with Crippen molar-refractivity contribution in [3.8, 4) is 0 Å². The topological polar surface area (TPSA) is 69.4 Å². The Balaban J connectivity index is 2.69. The molecule has 3 N–H and O–H groups in total. The van der Waals surface area contributed by atoms with Crippen molar-refractivity contribution in [1.82, 2.24) is 10.4 Å². The molecule has 104 valence electrons. The zero-order valence-electron chi connectivity index (χ0n) is 11.5. The van der Waals surface area contributed by atoms with E-state index in [0.29, 0.717) is 19.6 Å². The van der Waals surface area contributed by atoms with Gasteiger partial charge in [-0.25, -0.2) is 4.98 Å². The molecule has 1 aromatic heterocycles. The van der Waals surface area contributed by atoms with Crippen molar-refractivity contribution in [1.29, 1.82) is 0 Å². The molecule has 0 amide bonds. The number of nitrogens with zero attached hydrogens (tertiary/aromatic N) is 1. The van der Waals surface area contributed by atoms with Crippen molar-refractivity contribution in [2.75, 3.05) is 13.2 Å². The quantitative estimate of drug-likeness (QED) is 0.427. The van der Waals surface area contributed by atoms with E-state index in [9.17, 15) is 0 Å². The third-order valence-corrected chi connectivity index (χ3v) is 3.77. The molecule has 0 bridgehead atoms. The third kappa shape index (κ3) is 4.29. The van der Waals surface area contributed by atoms with Crippen LogP contribution in [-0.4, -0.2) is 30.5 Å². The predicted octanol–water partition coefficient (Wildman–Crippen LogP) is 1.53. The van der Waals surface area contributed by atoms with Gasteiger partial charge in [-0.05, 0) is 27.7 Å². The highest BCUT2D eigenvalue weighted by atomic mass is 32.1. The lowest BCUT2D eigenvalue weighted by Crippen LogP contribution is -2.48. The number of aromatic nitrogens is 1. The lowest BCUT2D eigenvalue weighted by atomic mass is 10.2. The summed E-state index contributed by atoms with van der Waals surface area (Å²) in [5.74, 6) is 5.59. The van der Waals surface area contributed by atoms with Crippen LogP contribution in [0.1, 0.15) is 29.4 Å². The Kier molecular flexibility index (Phi) is 6.73. The number of thiazole rings is 1. The van der Waals surface area contributed by atoms with Gasteiger partial charge in [-0.1, -0.05) is 0 Å². The Morgan fingerprint density at radius 3 is 2.28 bits per heavy atom. The summed E-state index contributed by atoms with van der Waals surface area (Å²) < 4.78 is 11.1. The molecular formula is C12H23N3O2S. The van der Waals surface area contributed by atoms with Crippen LogP contribution in [0.4, 0.5) is 0 Å². The Labute approximate surface area is 113 Å². The molecule has 0 aliphatic rings. The number of nitrogens with one attached hydrogen (secondary N) is 1. The number of hydrogen-bond acceptors (Lipinski definition) is 6. The monoisotopic (exact) mass is 273 g/mol. The van der Waals surface area contributed by atoms with Crippen molar-refractivity contribution in [2.24, 2.45) is 5.84 Å². The van der Waals surface area contributed by atoms with Gasteiger partial charge < -0.3 is 9.47 Å². The van der Waals surface area contributed by atoms with E-state index in [1.165, 1.54) is 4.88 Å². The molecule has 0 aromatic carbocycles. The van der Waals surface area contributed by atoms with Crippen LogP contribution in [0, 0.1) is 13.8 Å². The molecule has 0 fully saturated rings. The Morgan fingerprint density at radius 1 is 1.28 bits per heavy atom. The van der Waals surface area contributed by atoms with Crippen LogP contribution in [0.15, 0.2) is 0 Å². The summed E-state index contributed by atoms with van der Waals surface area (Å²) in [7, 11) is 0. The average Bonchev–Trinajstić information content (AvgIpc) is 2.65. The lowest BCUT2D eigenvalue weighted by molar-refractivity contribution is -0.153. The van der Waals surface area contributed by atoms with Crippen LogP contribution < -0.4 is 11.3 Å². The number of hydrogen-bond donors (Lipinski definition) is 2. The first kappa shape index (κ1) is 15.5. The summed E-state index contributed by atoms with van der Waals surface area (Å²) >= 11 is 1.69. The maximum atomic E-state index is 5.59. The van der Waals surface area contributed by atoms with Gasteiger partial charge in [0.1, 0.15) is 0 Å². The number of nitrogens with two attached hydrogens (primary N) is 1. The van der Waals surface area contributed by atoms with Gasteiger partial charge in [0.05, 0.1) is 16.7 Å². The smallest absolute Gasteiger partial charge is 0.174 e. The van der Waals surface area contributed by atoms with E-state index in [0.717, 1.165) is 10.7 Å². The highest BCUT2D eigenvalue weighted by Gasteiger charge is 2.23. The second-order valence-corrected chi connectivity index (χ2v) is 5.29. The Morgan fingerprint density at radius 2 is 1.89 bits per heavy atom. The number of ether oxygens (including phenoxy) is 2. The van der Waals surface area contributed by atoms with Crippen molar-refractivity contribution >= 4 is 11.3 Å². The first-order chi connectivity index (χ1) is 8.62. The van der Waals surface area contributed by atoms with Crippen LogP contribution in [-0.2, 0) is 15.9 Å². The first-order valence-electron chi connectivity index (χ1n) is 6.24. The van der Waals surface area contributed by atoms with Gasteiger partial charge in [0, 0.05) is 24.5 Å². The molecule has 1 atom stereocenters. The summed E-state index contributed by atoms with van der Waals surface area (Å²) in [5, 5.41) is 1.05. The standard InChI is InChI=1S/C12H23N3O2S/c1-5-16-12(17-6-2)10(15-13)7-11-14-8(3)9(4)18-11/h10,12,15H,5-7,13H2,1-4H3. The van der Waals surface area contributed by atoms with Crippen LogP contribution in [0.5, 0.6) is 0 Å². The van der Waals surface area contributed by atoms with Gasteiger partial charge in [-0.15, -0.1) is 11.3 Å². The molecule has 0 radical (unpaired) electrons. The molecule has 0 saturated heterocycles. The fourth-order valence-electron chi connectivity index (χ4n) is 1.66. The Hall–Kier alpha value is -0.530. The maximum Gasteiger partial charge on any atom is 0.174 e. The lowest BCUT2D eigenvalue weighted by Gasteiger charge is -2.25. The van der Waals surface area contributed by atoms with E-state index >= 15 is 0 Å². The van der Waals surface area contributed by atoms with Crippen molar-refractivity contribution in [3.05, 3.63) is 15.6 Å². The SMILES string of the molecule is CCOC(OCC)C(Cc1nc(C)c(C)s1)NN. The van der Waals surface area contributed by atoms with Crippen molar-refractivity contribution in [3.63, 3.8) is 0 Å². The minimum Gasteiger partial charge on any atom is -0.351 e. The molecule has 1 aromatic rings. The second-order valence-electron chi connectivity index (χ2n) is 4.01. The van der Waals surface area contributed by atoms with Crippen LogP contribution in [0.3, 0.4) is 0 Å². The number of aryl methyl sites for hydroxylation is 2. The second kappa shape index (κ2) is 7.81. The highest BCUT2D eigenvalue weighted by Crippen LogP contribution is 2.19. The summed E-state index contributed by atoms with van der Waals surface area (Å²) in [6, 6.07) is -0.0881. The summed E-state index contributed by atoms with van der Waals surface area (Å²) in [5.41, 5.74) is 3.84. The molecule has 1 unspecified atom stereocenters. The molecule has 6 heteroatoms. The fraction of sp³-hybridized carbons (Fsp3) is 0.750. The van der Waals surface area contributed by atoms with E-state index in [4.69, 9.17) is 15.3 Å². The van der Waals surface area contributed by atoms with E-state index in [1.807, 2.05) is 20.8 Å². The molecular weight excluding hydrogens is 250 g/mol. The molecule has 1 heterocycles. The van der Waals surface area contributed by atoms with Gasteiger partial charge in [0.25, 0.3) is 0 Å². The van der Waals surface area contributed by atoms with Crippen LogP contribution in [0.25, 0.3) is 0 Å². The van der Waals surface area contributed by atoms with E-state index in [1.54, 1.807) is 11.3 Å². The van der Waals surface area contributed by atoms with Crippen LogP contribution in [0.2, 0.25) is 0 Å². The molecule has 0 aliphatic heterocycles. The first-order valence-corrected chi connectivity index (χ1v) is 7.06. The minimum atomic E-state index is -0.338. The molecule has 0 spiro atoms. The fourth-order valence-corrected chi connectivity index (χ4v) is 2.65. The zero-order chi connectivity index (χ0) is 13.5. The Bertz CT molecular complexity index is 332. The molecule has 0 saturated carbocycles. The third-order valence-electron chi connectivity index (χ3n) is 2.67. The molecule has 5 nitrogen and oxygen atoms in total. The normalized spacial score (nSPS) is 13.2. The van der Waals surface area contributed by atoms with Gasteiger partial charge in [-0.3, -0.25) is 11.3 Å². The summed E-state index contributed by atoms with van der Waals surface area (Å²) in [4.78, 5) is 5.75. The largest absolute Gasteiger partial charge is 0.351 e. The maximum absolute atomic E-state index is 5.59. The number of hydrazine groups is 1. The van der Waals surface area contributed by atoms with Crippen molar-refractivity contribution in [2.45, 2.75) is 46.4 Å². The molecule has 18 heavy (non-hydrogen) atoms. The minimum absolute atomic E-state index is 0.0881. The van der Waals surface area contributed by atoms with E-state index in [2.05, 4.69) is 17.3 Å². The average molecular weight is 273 g/mol. The number of rotatable bonds is 8. The molecule has 0 aliphatic carbocycles. The van der Waals surface area contributed by atoms with E-state index in [-0.39, 0.29) is 12.3 Å². The van der Waals surface area contributed by atoms with Crippen LogP contribution >= 0.6 is 11.3 Å². The highest BCUT2D eigenvalue weighted by molar-refractivity contribution is 7.11. The van der Waals surface area contributed by atoms with Crippen molar-refractivity contribution < 1.29 is 9.47 Å². The molecule has 1 rings (SSSR count). The summed E-state index contributed by atoms with van der Waals surface area (Å²) in [6.45, 7) is 9.17. The predicted molar refractivity (Wildman–Crippen MR) is 73.4 cm³/mol. The zero-order valence-corrected chi connectivity index (χ0v) is 12.3. The van der Waals surface area contributed by atoms with E-state index < -0.39 is 0 Å². The van der Waals surface area contributed by atoms with Gasteiger partial charge in [-0.2, -0.15) is 0 Å².